The van der Waals surface area contributed by atoms with E-state index in [1.54, 1.807) is 6.07 Å². The third-order valence-corrected chi connectivity index (χ3v) is 6.36. The van der Waals surface area contributed by atoms with Crippen molar-refractivity contribution in [2.24, 2.45) is 11.1 Å². The van der Waals surface area contributed by atoms with Crippen molar-refractivity contribution >= 4 is 27.3 Å². The fourth-order valence-electron chi connectivity index (χ4n) is 2.56. The molecule has 0 saturated heterocycles. The molecule has 1 fully saturated rings. The fraction of sp³-hybridized carbons (Fsp3) is 0.643. The lowest BCUT2D eigenvalue weighted by Crippen LogP contribution is -2.32. The number of thiophene rings is 1. The minimum atomic E-state index is -3.67. The molecule has 124 valence electrons. The molecule has 1 amide bonds. The Morgan fingerprint density at radius 3 is 2.77 bits per heavy atom. The summed E-state index contributed by atoms with van der Waals surface area (Å²) in [6.45, 7) is 2.48. The van der Waals surface area contributed by atoms with Crippen molar-refractivity contribution in [2.45, 2.75) is 49.5 Å². The minimum Gasteiger partial charge on any atom is -0.368 e. The van der Waals surface area contributed by atoms with Crippen LogP contribution in [0.15, 0.2) is 16.3 Å². The first-order chi connectivity index (χ1) is 10.4. The van der Waals surface area contributed by atoms with Crippen LogP contribution >= 0.6 is 11.3 Å². The van der Waals surface area contributed by atoms with Crippen LogP contribution in [-0.4, -0.2) is 27.0 Å². The number of sulfonamides is 1. The van der Waals surface area contributed by atoms with E-state index in [-0.39, 0.29) is 29.4 Å². The number of hydrogen-bond acceptors (Lipinski definition) is 5. The van der Waals surface area contributed by atoms with Gasteiger partial charge in [0.15, 0.2) is 0 Å². The van der Waals surface area contributed by atoms with Gasteiger partial charge in [-0.15, -0.1) is 11.3 Å². The Morgan fingerprint density at radius 1 is 1.41 bits per heavy atom. The van der Waals surface area contributed by atoms with Crippen LogP contribution in [0.25, 0.3) is 0 Å². The number of carbonyl (C=O) groups is 1. The quantitative estimate of drug-likeness (QED) is 0.817. The molecular formula is C14H22N2O4S2. The predicted octanol–water partition coefficient (Wildman–Crippen LogP) is 1.61. The molecule has 0 radical (unpaired) electrons. The topological polar surface area (TPSA) is 98.5 Å². The lowest BCUT2D eigenvalue weighted by Gasteiger charge is -2.28. The molecule has 1 aromatic rings. The molecular weight excluding hydrogens is 324 g/mol. The molecule has 22 heavy (non-hydrogen) atoms. The zero-order valence-electron chi connectivity index (χ0n) is 12.6. The molecule has 2 rings (SSSR count). The summed E-state index contributed by atoms with van der Waals surface area (Å²) in [5, 5.41) is 7.77. The van der Waals surface area contributed by atoms with E-state index in [4.69, 9.17) is 9.88 Å². The van der Waals surface area contributed by atoms with E-state index >= 15 is 0 Å². The van der Waals surface area contributed by atoms with E-state index in [9.17, 15) is 13.2 Å². The van der Waals surface area contributed by atoms with Gasteiger partial charge < -0.3 is 10.1 Å². The third-order valence-electron chi connectivity index (χ3n) is 3.84. The summed E-state index contributed by atoms with van der Waals surface area (Å²) >= 11 is 1.06. The first-order valence-corrected chi connectivity index (χ1v) is 9.72. The molecule has 3 N–H and O–H groups in total. The number of rotatable bonds is 6. The molecule has 6 nitrogen and oxygen atoms in total. The Bertz CT molecular complexity index is 612. The molecule has 2 atom stereocenters. The van der Waals surface area contributed by atoms with Crippen molar-refractivity contribution in [3.8, 4) is 0 Å². The number of amides is 1. The zero-order chi connectivity index (χ0) is 16.2. The Labute approximate surface area is 135 Å². The standard InChI is InChI=1S/C14H22N2O4S2/c1-10-4-2-3-5-12(10)20-9-13(17)16-8-11-6-7-14(21-11)22(15,18)19/h6-7,10,12H,2-5,8-9H2,1H3,(H,16,17)(H2,15,18,19)/t10-,12+/m0/s1. The van der Waals surface area contributed by atoms with Crippen LogP contribution in [0, 0.1) is 5.92 Å². The summed E-state index contributed by atoms with van der Waals surface area (Å²) in [6, 6.07) is 3.09. The highest BCUT2D eigenvalue weighted by Gasteiger charge is 2.22. The van der Waals surface area contributed by atoms with Crippen LogP contribution in [0.4, 0.5) is 0 Å². The summed E-state index contributed by atoms with van der Waals surface area (Å²) in [5.74, 6) is 0.305. The van der Waals surface area contributed by atoms with E-state index in [1.807, 2.05) is 0 Å². The lowest BCUT2D eigenvalue weighted by atomic mass is 9.88. The highest BCUT2D eigenvalue weighted by Crippen LogP contribution is 2.26. The van der Waals surface area contributed by atoms with E-state index < -0.39 is 10.0 Å². The van der Waals surface area contributed by atoms with Gasteiger partial charge in [-0.25, -0.2) is 13.6 Å². The highest BCUT2D eigenvalue weighted by atomic mass is 32.2. The Morgan fingerprint density at radius 2 is 2.14 bits per heavy atom. The number of carbonyl (C=O) groups excluding carboxylic acids is 1. The second kappa shape index (κ2) is 7.54. The maximum absolute atomic E-state index is 11.8. The average molecular weight is 346 g/mol. The van der Waals surface area contributed by atoms with Crippen LogP contribution in [-0.2, 0) is 26.1 Å². The lowest BCUT2D eigenvalue weighted by molar-refractivity contribution is -0.129. The highest BCUT2D eigenvalue weighted by molar-refractivity contribution is 7.91. The number of nitrogens with two attached hydrogens (primary N) is 1. The van der Waals surface area contributed by atoms with Gasteiger partial charge in [0.05, 0.1) is 12.6 Å². The smallest absolute Gasteiger partial charge is 0.247 e. The van der Waals surface area contributed by atoms with Crippen LogP contribution in [0.3, 0.4) is 0 Å². The molecule has 0 aliphatic heterocycles. The SMILES string of the molecule is C[C@H]1CCCC[C@H]1OCC(=O)NCc1ccc(S(N)(=O)=O)s1. The van der Waals surface area contributed by atoms with Gasteiger partial charge in [0.1, 0.15) is 10.8 Å². The van der Waals surface area contributed by atoms with Crippen molar-refractivity contribution in [2.75, 3.05) is 6.61 Å². The van der Waals surface area contributed by atoms with Crippen LogP contribution in [0.5, 0.6) is 0 Å². The van der Waals surface area contributed by atoms with Crippen molar-refractivity contribution in [1.29, 1.82) is 0 Å². The van der Waals surface area contributed by atoms with Crippen LogP contribution in [0.2, 0.25) is 0 Å². The number of hydrogen-bond donors (Lipinski definition) is 2. The maximum Gasteiger partial charge on any atom is 0.247 e. The van der Waals surface area contributed by atoms with Crippen molar-refractivity contribution in [1.82, 2.24) is 5.32 Å². The molecule has 1 aliphatic rings. The molecule has 1 heterocycles. The first kappa shape index (κ1) is 17.4. The molecule has 1 aliphatic carbocycles. The van der Waals surface area contributed by atoms with Gasteiger partial charge in [0.25, 0.3) is 0 Å². The minimum absolute atomic E-state index is 0.0441. The maximum atomic E-state index is 11.8. The van der Waals surface area contributed by atoms with Crippen LogP contribution < -0.4 is 10.5 Å². The molecule has 0 aromatic carbocycles. The van der Waals surface area contributed by atoms with Crippen molar-refractivity contribution in [3.05, 3.63) is 17.0 Å². The molecule has 0 bridgehead atoms. The van der Waals surface area contributed by atoms with Gasteiger partial charge in [-0.2, -0.15) is 0 Å². The van der Waals surface area contributed by atoms with E-state index in [0.29, 0.717) is 5.92 Å². The van der Waals surface area contributed by atoms with Crippen molar-refractivity contribution < 1.29 is 17.9 Å². The third kappa shape index (κ3) is 5.05. The van der Waals surface area contributed by atoms with E-state index in [1.165, 1.54) is 12.5 Å². The molecule has 0 spiro atoms. The summed E-state index contributed by atoms with van der Waals surface area (Å²) in [5.41, 5.74) is 0. The summed E-state index contributed by atoms with van der Waals surface area (Å²) in [6.07, 6.45) is 4.71. The van der Waals surface area contributed by atoms with Gasteiger partial charge in [0, 0.05) is 4.88 Å². The molecule has 1 aromatic heterocycles. The largest absolute Gasteiger partial charge is 0.368 e. The fourth-order valence-corrected chi connectivity index (χ4v) is 4.27. The number of primary sulfonamides is 1. The summed E-state index contributed by atoms with van der Waals surface area (Å²) < 4.78 is 28.1. The molecule has 8 heteroatoms. The van der Waals surface area contributed by atoms with Gasteiger partial charge in [-0.3, -0.25) is 4.79 Å². The molecule has 1 saturated carbocycles. The van der Waals surface area contributed by atoms with Crippen molar-refractivity contribution in [3.63, 3.8) is 0 Å². The van der Waals surface area contributed by atoms with Gasteiger partial charge in [-0.05, 0) is 30.9 Å². The zero-order valence-corrected chi connectivity index (χ0v) is 14.2. The molecule has 0 unspecified atom stereocenters. The summed E-state index contributed by atoms with van der Waals surface area (Å²) in [4.78, 5) is 12.5. The Kier molecular flexibility index (Phi) is 5.96. The van der Waals surface area contributed by atoms with Crippen LogP contribution in [0.1, 0.15) is 37.5 Å². The monoisotopic (exact) mass is 346 g/mol. The first-order valence-electron chi connectivity index (χ1n) is 7.36. The van der Waals surface area contributed by atoms with E-state index in [2.05, 4.69) is 12.2 Å². The summed E-state index contributed by atoms with van der Waals surface area (Å²) in [7, 11) is -3.67. The number of ether oxygens (including phenoxy) is 1. The predicted molar refractivity (Wildman–Crippen MR) is 84.9 cm³/mol. The van der Waals surface area contributed by atoms with Gasteiger partial charge >= 0.3 is 0 Å². The van der Waals surface area contributed by atoms with Gasteiger partial charge in [0.2, 0.25) is 15.9 Å². The van der Waals surface area contributed by atoms with E-state index in [0.717, 1.165) is 35.5 Å². The average Bonchev–Trinajstić information content (AvgIpc) is 2.93. The normalized spacial score (nSPS) is 22.5. The second-order valence-electron chi connectivity index (χ2n) is 5.65. The second-order valence-corrected chi connectivity index (χ2v) is 8.61. The number of nitrogens with one attached hydrogen (secondary N) is 1. The Hall–Kier alpha value is -0.960. The Balaban J connectivity index is 1.74. The van der Waals surface area contributed by atoms with Gasteiger partial charge in [-0.1, -0.05) is 19.8 Å².